The molecule has 1 rings (SSSR count). The van der Waals surface area contributed by atoms with Gasteiger partial charge in [0.15, 0.2) is 0 Å². The van der Waals surface area contributed by atoms with Crippen molar-refractivity contribution in [1.82, 2.24) is 0 Å². The van der Waals surface area contributed by atoms with Crippen molar-refractivity contribution in [3.63, 3.8) is 0 Å². The summed E-state index contributed by atoms with van der Waals surface area (Å²) in [5, 5.41) is 5.22. The molecule has 0 saturated carbocycles. The molecule has 0 bridgehead atoms. The van der Waals surface area contributed by atoms with Crippen molar-refractivity contribution >= 4 is 28.6 Å². The number of hydrogen-bond acceptors (Lipinski definition) is 3. The maximum atomic E-state index is 5.91. The second-order valence-corrected chi connectivity index (χ2v) is 5.29. The lowest BCUT2D eigenvalue weighted by Crippen LogP contribution is -2.34. The topological polar surface area (TPSA) is 38.0 Å². The van der Waals surface area contributed by atoms with E-state index in [2.05, 4.69) is 5.32 Å². The van der Waals surface area contributed by atoms with Crippen LogP contribution in [0.25, 0.3) is 0 Å². The Balaban J connectivity index is 2.32. The van der Waals surface area contributed by atoms with Crippen molar-refractivity contribution in [3.05, 3.63) is 15.8 Å². The third-order valence-corrected chi connectivity index (χ3v) is 2.87. The summed E-state index contributed by atoms with van der Waals surface area (Å²) in [6, 6.07) is 1.98. The smallest absolute Gasteiger partial charge is 0.116 e. The first-order chi connectivity index (χ1) is 5.99. The van der Waals surface area contributed by atoms with Crippen LogP contribution >= 0.6 is 22.9 Å². The predicted octanol–water partition coefficient (Wildman–Crippen LogP) is 2.94. The second kappa shape index (κ2) is 4.31. The number of nitrogens with one attached hydrogen (secondary N) is 1. The van der Waals surface area contributed by atoms with Gasteiger partial charge in [0.2, 0.25) is 0 Å². The molecule has 0 aliphatic rings. The molecule has 0 radical (unpaired) electrons. The van der Waals surface area contributed by atoms with Crippen molar-refractivity contribution in [2.75, 3.05) is 11.9 Å². The van der Waals surface area contributed by atoms with Crippen LogP contribution in [-0.2, 0) is 0 Å². The summed E-state index contributed by atoms with van der Waals surface area (Å²) in [5.74, 6) is 0. The Labute approximate surface area is 88.1 Å². The molecule has 0 aliphatic heterocycles. The first kappa shape index (κ1) is 10.8. The Morgan fingerprint density at radius 1 is 1.62 bits per heavy atom. The molecule has 0 spiro atoms. The molecular formula is C9H15ClN2S. The zero-order chi connectivity index (χ0) is 9.90. The van der Waals surface area contributed by atoms with Crippen LogP contribution in [0.4, 0.5) is 5.69 Å². The van der Waals surface area contributed by atoms with Crippen LogP contribution in [0.1, 0.15) is 20.3 Å². The van der Waals surface area contributed by atoms with Gasteiger partial charge in [0, 0.05) is 12.1 Å². The Hall–Kier alpha value is -0.250. The average Bonchev–Trinajstić information content (AvgIpc) is 2.34. The molecule has 13 heavy (non-hydrogen) atoms. The lowest BCUT2D eigenvalue weighted by molar-refractivity contribution is 0.491. The number of halogens is 1. The maximum Gasteiger partial charge on any atom is 0.116 e. The van der Waals surface area contributed by atoms with Gasteiger partial charge in [0.1, 0.15) is 4.34 Å². The minimum Gasteiger partial charge on any atom is -0.383 e. The van der Waals surface area contributed by atoms with E-state index in [0.29, 0.717) is 0 Å². The number of thiophene rings is 1. The summed E-state index contributed by atoms with van der Waals surface area (Å²) < 4.78 is 0.815. The fourth-order valence-electron chi connectivity index (χ4n) is 0.939. The SMILES string of the molecule is CC(C)(N)CCNc1ccsc1Cl. The van der Waals surface area contributed by atoms with Crippen molar-refractivity contribution in [2.45, 2.75) is 25.8 Å². The Morgan fingerprint density at radius 3 is 2.77 bits per heavy atom. The predicted molar refractivity (Wildman–Crippen MR) is 60.7 cm³/mol. The van der Waals surface area contributed by atoms with E-state index in [1.54, 1.807) is 0 Å². The Bertz CT molecular complexity index is 265. The normalized spacial score (nSPS) is 11.7. The third-order valence-electron chi connectivity index (χ3n) is 1.70. The van der Waals surface area contributed by atoms with Gasteiger partial charge < -0.3 is 11.1 Å². The summed E-state index contributed by atoms with van der Waals surface area (Å²) in [7, 11) is 0. The largest absolute Gasteiger partial charge is 0.383 e. The monoisotopic (exact) mass is 218 g/mol. The van der Waals surface area contributed by atoms with Gasteiger partial charge in [-0.3, -0.25) is 0 Å². The van der Waals surface area contributed by atoms with E-state index in [1.165, 1.54) is 11.3 Å². The quantitative estimate of drug-likeness (QED) is 0.816. The van der Waals surface area contributed by atoms with Crippen LogP contribution in [0.2, 0.25) is 4.34 Å². The molecule has 0 saturated heterocycles. The van der Waals surface area contributed by atoms with Gasteiger partial charge in [-0.05, 0) is 31.7 Å². The fraction of sp³-hybridized carbons (Fsp3) is 0.556. The maximum absolute atomic E-state index is 5.91. The first-order valence-electron chi connectivity index (χ1n) is 4.25. The molecule has 0 fully saturated rings. The van der Waals surface area contributed by atoms with Gasteiger partial charge in [0.25, 0.3) is 0 Å². The molecule has 1 heterocycles. The molecule has 2 nitrogen and oxygen atoms in total. The van der Waals surface area contributed by atoms with Crippen LogP contribution in [0, 0.1) is 0 Å². The standard InChI is InChI=1S/C9H15ClN2S/c1-9(2,11)4-5-12-7-3-6-13-8(7)10/h3,6,12H,4-5,11H2,1-2H3. The van der Waals surface area contributed by atoms with Gasteiger partial charge >= 0.3 is 0 Å². The highest BCUT2D eigenvalue weighted by Gasteiger charge is 2.09. The molecule has 1 aromatic heterocycles. The summed E-state index contributed by atoms with van der Waals surface area (Å²) in [6.45, 7) is 4.90. The molecular weight excluding hydrogens is 204 g/mol. The van der Waals surface area contributed by atoms with Crippen LogP contribution in [0.3, 0.4) is 0 Å². The van der Waals surface area contributed by atoms with Crippen molar-refractivity contribution in [2.24, 2.45) is 5.73 Å². The molecule has 0 atom stereocenters. The average molecular weight is 219 g/mol. The highest BCUT2D eigenvalue weighted by Crippen LogP contribution is 2.27. The lowest BCUT2D eigenvalue weighted by Gasteiger charge is -2.18. The molecule has 0 aliphatic carbocycles. The zero-order valence-electron chi connectivity index (χ0n) is 7.93. The third kappa shape index (κ3) is 3.98. The van der Waals surface area contributed by atoms with Crippen molar-refractivity contribution in [1.29, 1.82) is 0 Å². The minimum absolute atomic E-state index is 0.116. The number of anilines is 1. The number of nitrogens with two attached hydrogens (primary N) is 1. The van der Waals surface area contributed by atoms with E-state index in [-0.39, 0.29) is 5.54 Å². The summed E-state index contributed by atoms with van der Waals surface area (Å²) in [6.07, 6.45) is 0.930. The van der Waals surface area contributed by atoms with Gasteiger partial charge in [-0.15, -0.1) is 11.3 Å². The van der Waals surface area contributed by atoms with Gasteiger partial charge in [-0.25, -0.2) is 0 Å². The minimum atomic E-state index is -0.116. The number of rotatable bonds is 4. The summed E-state index contributed by atoms with van der Waals surface area (Å²) in [4.78, 5) is 0. The van der Waals surface area contributed by atoms with Crippen LogP contribution in [-0.4, -0.2) is 12.1 Å². The van der Waals surface area contributed by atoms with Crippen molar-refractivity contribution < 1.29 is 0 Å². The van der Waals surface area contributed by atoms with Crippen molar-refractivity contribution in [3.8, 4) is 0 Å². The molecule has 4 heteroatoms. The summed E-state index contributed by atoms with van der Waals surface area (Å²) >= 11 is 7.45. The van der Waals surface area contributed by atoms with E-state index >= 15 is 0 Å². The molecule has 0 amide bonds. The first-order valence-corrected chi connectivity index (χ1v) is 5.50. The van der Waals surface area contributed by atoms with Crippen LogP contribution in [0.5, 0.6) is 0 Å². The molecule has 74 valence electrons. The lowest BCUT2D eigenvalue weighted by atomic mass is 10.0. The molecule has 0 unspecified atom stereocenters. The van der Waals surface area contributed by atoms with Gasteiger partial charge in [-0.1, -0.05) is 11.6 Å². The zero-order valence-corrected chi connectivity index (χ0v) is 9.50. The summed E-state index contributed by atoms with van der Waals surface area (Å²) in [5.41, 5.74) is 6.74. The Kier molecular flexibility index (Phi) is 3.59. The highest BCUT2D eigenvalue weighted by atomic mass is 35.5. The van der Waals surface area contributed by atoms with E-state index in [0.717, 1.165) is 23.0 Å². The van der Waals surface area contributed by atoms with Crippen LogP contribution < -0.4 is 11.1 Å². The van der Waals surface area contributed by atoms with E-state index in [1.807, 2.05) is 25.3 Å². The van der Waals surface area contributed by atoms with Crippen LogP contribution in [0.15, 0.2) is 11.4 Å². The highest BCUT2D eigenvalue weighted by molar-refractivity contribution is 7.15. The Morgan fingerprint density at radius 2 is 2.31 bits per heavy atom. The van der Waals surface area contributed by atoms with E-state index < -0.39 is 0 Å². The van der Waals surface area contributed by atoms with E-state index in [4.69, 9.17) is 17.3 Å². The second-order valence-electron chi connectivity index (χ2n) is 3.77. The van der Waals surface area contributed by atoms with Gasteiger partial charge in [-0.2, -0.15) is 0 Å². The fourth-order valence-corrected chi connectivity index (χ4v) is 1.81. The number of hydrogen-bond donors (Lipinski definition) is 2. The van der Waals surface area contributed by atoms with Gasteiger partial charge in [0.05, 0.1) is 5.69 Å². The molecule has 0 aromatic carbocycles. The van der Waals surface area contributed by atoms with E-state index in [9.17, 15) is 0 Å². The molecule has 3 N–H and O–H groups in total. The molecule has 1 aromatic rings.